The normalized spacial score (nSPS) is 10.3. The number of methoxy groups -OCH3 is 1. The van der Waals surface area contributed by atoms with Gasteiger partial charge in [-0.15, -0.1) is 5.10 Å². The minimum absolute atomic E-state index is 0.156. The summed E-state index contributed by atoms with van der Waals surface area (Å²) in [5, 5.41) is 20.3. The molecule has 7 heteroatoms. The number of nitrogens with zero attached hydrogens (tertiary/aromatic N) is 4. The van der Waals surface area contributed by atoms with E-state index in [1.807, 2.05) is 6.92 Å². The zero-order valence-corrected chi connectivity index (χ0v) is 9.99. The van der Waals surface area contributed by atoms with Crippen LogP contribution in [0.2, 0.25) is 0 Å². The fourth-order valence-electron chi connectivity index (χ4n) is 1.60. The Bertz CT molecular complexity index is 579. The molecule has 0 fully saturated rings. The van der Waals surface area contributed by atoms with Crippen LogP contribution in [0.5, 0.6) is 5.75 Å². The number of ether oxygens (including phenoxy) is 1. The predicted octanol–water partition coefficient (Wildman–Crippen LogP) is 0.931. The van der Waals surface area contributed by atoms with Crippen LogP contribution in [0.4, 0.5) is 0 Å². The summed E-state index contributed by atoms with van der Waals surface area (Å²) in [7, 11) is 1.51. The zero-order valence-electron chi connectivity index (χ0n) is 9.99. The Labute approximate surface area is 103 Å². The van der Waals surface area contributed by atoms with Gasteiger partial charge < -0.3 is 9.84 Å². The molecule has 2 aromatic rings. The number of aromatic nitrogens is 4. The van der Waals surface area contributed by atoms with E-state index < -0.39 is 5.97 Å². The molecule has 0 aliphatic carbocycles. The number of carboxylic acid groups (broad SMARTS) is 1. The summed E-state index contributed by atoms with van der Waals surface area (Å²) >= 11 is 0. The molecule has 0 radical (unpaired) electrons. The molecule has 0 atom stereocenters. The van der Waals surface area contributed by atoms with Gasteiger partial charge in [0.25, 0.3) is 0 Å². The Balaban J connectivity index is 2.60. The first-order valence-electron chi connectivity index (χ1n) is 5.36. The number of aromatic carboxylic acids is 1. The number of rotatable bonds is 4. The average Bonchev–Trinajstić information content (AvgIpc) is 2.85. The number of carboxylic acids is 1. The van der Waals surface area contributed by atoms with Crippen molar-refractivity contribution in [2.45, 2.75) is 13.3 Å². The maximum Gasteiger partial charge on any atom is 0.335 e. The van der Waals surface area contributed by atoms with Gasteiger partial charge in [0.15, 0.2) is 5.82 Å². The fourth-order valence-corrected chi connectivity index (χ4v) is 1.60. The molecule has 1 N–H and O–H groups in total. The van der Waals surface area contributed by atoms with Crippen molar-refractivity contribution in [1.29, 1.82) is 0 Å². The maximum absolute atomic E-state index is 11.0. The molecule has 1 aromatic heterocycles. The molecule has 1 aromatic carbocycles. The standard InChI is InChI=1S/C11H12N4O3/c1-3-10-12-13-14-15(10)8-6-7(11(16)17)4-5-9(8)18-2/h4-6H,3H2,1-2H3,(H,16,17). The molecule has 0 saturated heterocycles. The van der Waals surface area contributed by atoms with Crippen LogP contribution in [0, 0.1) is 0 Å². The highest BCUT2D eigenvalue weighted by Gasteiger charge is 2.14. The van der Waals surface area contributed by atoms with Gasteiger partial charge >= 0.3 is 5.97 Å². The highest BCUT2D eigenvalue weighted by Crippen LogP contribution is 2.24. The van der Waals surface area contributed by atoms with Crippen molar-refractivity contribution in [3.05, 3.63) is 29.6 Å². The predicted molar refractivity (Wildman–Crippen MR) is 62.0 cm³/mol. The highest BCUT2D eigenvalue weighted by molar-refractivity contribution is 5.88. The van der Waals surface area contributed by atoms with Gasteiger partial charge in [0.05, 0.1) is 12.7 Å². The largest absolute Gasteiger partial charge is 0.494 e. The summed E-state index contributed by atoms with van der Waals surface area (Å²) in [6, 6.07) is 4.54. The zero-order chi connectivity index (χ0) is 13.1. The van der Waals surface area contributed by atoms with E-state index >= 15 is 0 Å². The highest BCUT2D eigenvalue weighted by atomic mass is 16.5. The molecule has 0 amide bonds. The molecule has 7 nitrogen and oxygen atoms in total. The first kappa shape index (κ1) is 12.0. The first-order valence-corrected chi connectivity index (χ1v) is 5.36. The minimum Gasteiger partial charge on any atom is -0.494 e. The van der Waals surface area contributed by atoms with E-state index in [1.165, 1.54) is 23.9 Å². The van der Waals surface area contributed by atoms with Crippen LogP contribution in [-0.2, 0) is 6.42 Å². The molecule has 94 valence electrons. The second kappa shape index (κ2) is 4.82. The summed E-state index contributed by atoms with van der Waals surface area (Å²) in [6.07, 6.45) is 0.632. The minimum atomic E-state index is -1.01. The van der Waals surface area contributed by atoms with Crippen LogP contribution >= 0.6 is 0 Å². The van der Waals surface area contributed by atoms with Crippen molar-refractivity contribution in [2.24, 2.45) is 0 Å². The lowest BCUT2D eigenvalue weighted by molar-refractivity contribution is 0.0697. The molecular weight excluding hydrogens is 236 g/mol. The van der Waals surface area contributed by atoms with Crippen molar-refractivity contribution in [3.63, 3.8) is 0 Å². The van der Waals surface area contributed by atoms with E-state index in [-0.39, 0.29) is 5.56 Å². The third-order valence-corrected chi connectivity index (χ3v) is 2.50. The molecule has 0 bridgehead atoms. The molecule has 1 heterocycles. The third-order valence-electron chi connectivity index (χ3n) is 2.50. The number of tetrazole rings is 1. The smallest absolute Gasteiger partial charge is 0.335 e. The maximum atomic E-state index is 11.0. The third kappa shape index (κ3) is 2.02. The average molecular weight is 248 g/mol. The summed E-state index contributed by atoms with van der Waals surface area (Å²) < 4.78 is 6.67. The number of carbonyl (C=O) groups is 1. The topological polar surface area (TPSA) is 90.1 Å². The Morgan fingerprint density at radius 1 is 1.50 bits per heavy atom. The lowest BCUT2D eigenvalue weighted by atomic mass is 10.2. The summed E-state index contributed by atoms with van der Waals surface area (Å²) in [5.41, 5.74) is 0.669. The molecular formula is C11H12N4O3. The van der Waals surface area contributed by atoms with Gasteiger partial charge in [-0.05, 0) is 28.6 Å². The van der Waals surface area contributed by atoms with Crippen molar-refractivity contribution in [1.82, 2.24) is 20.2 Å². The van der Waals surface area contributed by atoms with Crippen LogP contribution < -0.4 is 4.74 Å². The van der Waals surface area contributed by atoms with Crippen molar-refractivity contribution >= 4 is 5.97 Å². The summed E-state index contributed by atoms with van der Waals surface area (Å²) in [5.74, 6) is 0.142. The molecule has 0 saturated carbocycles. The lowest BCUT2D eigenvalue weighted by Crippen LogP contribution is -2.06. The van der Waals surface area contributed by atoms with Crippen LogP contribution in [0.1, 0.15) is 23.1 Å². The number of benzene rings is 1. The van der Waals surface area contributed by atoms with Gasteiger partial charge in [0, 0.05) is 6.42 Å². The molecule has 18 heavy (non-hydrogen) atoms. The molecule has 0 spiro atoms. The van der Waals surface area contributed by atoms with Crippen LogP contribution in [0.3, 0.4) is 0 Å². The molecule has 0 aliphatic rings. The lowest BCUT2D eigenvalue weighted by Gasteiger charge is -2.09. The molecule has 2 rings (SSSR count). The van der Waals surface area contributed by atoms with E-state index in [1.54, 1.807) is 6.07 Å². The quantitative estimate of drug-likeness (QED) is 0.865. The van der Waals surface area contributed by atoms with Crippen molar-refractivity contribution in [2.75, 3.05) is 7.11 Å². The van der Waals surface area contributed by atoms with Crippen molar-refractivity contribution in [3.8, 4) is 11.4 Å². The number of hydrogen-bond acceptors (Lipinski definition) is 5. The fraction of sp³-hybridized carbons (Fsp3) is 0.273. The van der Waals surface area contributed by atoms with Crippen LogP contribution in [0.25, 0.3) is 5.69 Å². The summed E-state index contributed by atoms with van der Waals surface area (Å²) in [4.78, 5) is 11.0. The Kier molecular flexibility index (Phi) is 3.22. The van der Waals surface area contributed by atoms with E-state index in [4.69, 9.17) is 9.84 Å². The first-order chi connectivity index (χ1) is 8.67. The van der Waals surface area contributed by atoms with E-state index in [9.17, 15) is 4.79 Å². The Morgan fingerprint density at radius 2 is 2.28 bits per heavy atom. The van der Waals surface area contributed by atoms with E-state index in [2.05, 4.69) is 15.5 Å². The SMILES string of the molecule is CCc1nnnn1-c1cc(C(=O)O)ccc1OC. The molecule has 0 unspecified atom stereocenters. The van der Waals surface area contributed by atoms with Gasteiger partial charge in [-0.2, -0.15) is 4.68 Å². The van der Waals surface area contributed by atoms with Crippen molar-refractivity contribution < 1.29 is 14.6 Å². The van der Waals surface area contributed by atoms with Gasteiger partial charge in [0.1, 0.15) is 11.4 Å². The monoisotopic (exact) mass is 248 g/mol. The van der Waals surface area contributed by atoms with Gasteiger partial charge in [-0.3, -0.25) is 0 Å². The number of hydrogen-bond donors (Lipinski definition) is 1. The Hall–Kier alpha value is -2.44. The second-order valence-electron chi connectivity index (χ2n) is 3.55. The second-order valence-corrected chi connectivity index (χ2v) is 3.55. The molecule has 0 aliphatic heterocycles. The number of aryl methyl sites for hydroxylation is 1. The van der Waals surface area contributed by atoms with Gasteiger partial charge in [0.2, 0.25) is 0 Å². The summed E-state index contributed by atoms with van der Waals surface area (Å²) in [6.45, 7) is 1.91. The van der Waals surface area contributed by atoms with Crippen LogP contribution in [-0.4, -0.2) is 38.4 Å². The Morgan fingerprint density at radius 3 is 2.89 bits per heavy atom. The van der Waals surface area contributed by atoms with E-state index in [0.29, 0.717) is 23.7 Å². The van der Waals surface area contributed by atoms with Gasteiger partial charge in [-0.1, -0.05) is 6.92 Å². The van der Waals surface area contributed by atoms with E-state index in [0.717, 1.165) is 0 Å². The van der Waals surface area contributed by atoms with Crippen LogP contribution in [0.15, 0.2) is 18.2 Å². The van der Waals surface area contributed by atoms with Gasteiger partial charge in [-0.25, -0.2) is 4.79 Å².